The minimum absolute atomic E-state index is 0.124. The van der Waals surface area contributed by atoms with E-state index in [1.165, 1.54) is 50.5 Å². The van der Waals surface area contributed by atoms with Crippen LogP contribution < -0.4 is 5.32 Å². The third-order valence-electron chi connectivity index (χ3n) is 4.72. The minimum Gasteiger partial charge on any atom is -0.313 e. The molecule has 2 saturated carbocycles. The summed E-state index contributed by atoms with van der Waals surface area (Å²) in [5.41, 5.74) is 1.32. The summed E-state index contributed by atoms with van der Waals surface area (Å²) in [5.74, 6) is 1.23. The van der Waals surface area contributed by atoms with Crippen LogP contribution in [0.2, 0.25) is 0 Å². The molecule has 104 valence electrons. The van der Waals surface area contributed by atoms with Crippen molar-refractivity contribution in [1.82, 2.24) is 5.32 Å². The first kappa shape index (κ1) is 13.1. The second kappa shape index (κ2) is 6.04. The summed E-state index contributed by atoms with van der Waals surface area (Å²) in [5, 5.41) is 3.67. The zero-order chi connectivity index (χ0) is 13.1. The Morgan fingerprint density at radius 2 is 1.68 bits per heavy atom. The largest absolute Gasteiger partial charge is 0.313 e. The number of nitrogens with one attached hydrogen (secondary N) is 1. The van der Waals surface area contributed by atoms with E-state index in [-0.39, 0.29) is 5.82 Å². The Labute approximate surface area is 115 Å². The second-order valence-corrected chi connectivity index (χ2v) is 6.24. The van der Waals surface area contributed by atoms with Gasteiger partial charge in [0.15, 0.2) is 0 Å². The van der Waals surface area contributed by atoms with Crippen molar-refractivity contribution in [3.63, 3.8) is 0 Å². The van der Waals surface area contributed by atoms with E-state index < -0.39 is 0 Å². The van der Waals surface area contributed by atoms with Crippen molar-refractivity contribution >= 4 is 0 Å². The molecule has 19 heavy (non-hydrogen) atoms. The summed E-state index contributed by atoms with van der Waals surface area (Å²) < 4.78 is 13.1. The molecule has 1 nitrogen and oxygen atoms in total. The van der Waals surface area contributed by atoms with Gasteiger partial charge in [0, 0.05) is 12.6 Å². The van der Waals surface area contributed by atoms with Crippen LogP contribution in [0.25, 0.3) is 0 Å². The van der Waals surface area contributed by atoms with E-state index in [4.69, 9.17) is 0 Å². The highest BCUT2D eigenvalue weighted by Gasteiger charge is 2.28. The Balaban J connectivity index is 1.71. The molecule has 0 amide bonds. The Morgan fingerprint density at radius 3 is 2.32 bits per heavy atom. The van der Waals surface area contributed by atoms with E-state index in [0.717, 1.165) is 18.5 Å². The number of hydrogen-bond acceptors (Lipinski definition) is 1. The van der Waals surface area contributed by atoms with Gasteiger partial charge in [-0.05, 0) is 55.2 Å². The smallest absolute Gasteiger partial charge is 0.123 e. The van der Waals surface area contributed by atoms with Crippen LogP contribution in [0.15, 0.2) is 24.3 Å². The molecule has 0 radical (unpaired) electrons. The predicted molar refractivity (Wildman–Crippen MR) is 76.7 cm³/mol. The number of halogens is 1. The third-order valence-corrected chi connectivity index (χ3v) is 4.72. The fourth-order valence-electron chi connectivity index (χ4n) is 3.38. The molecule has 2 aliphatic rings. The Bertz CT molecular complexity index is 390. The van der Waals surface area contributed by atoms with Gasteiger partial charge in [-0.2, -0.15) is 0 Å². The zero-order valence-corrected chi connectivity index (χ0v) is 11.6. The molecule has 2 fully saturated rings. The van der Waals surface area contributed by atoms with E-state index in [2.05, 4.69) is 5.32 Å². The third kappa shape index (κ3) is 3.56. The van der Waals surface area contributed by atoms with Crippen molar-refractivity contribution in [2.45, 2.75) is 56.9 Å². The lowest BCUT2D eigenvalue weighted by molar-refractivity contribution is 0.296. The molecule has 0 aromatic heterocycles. The lowest BCUT2D eigenvalue weighted by Crippen LogP contribution is -2.29. The molecule has 0 spiro atoms. The highest BCUT2D eigenvalue weighted by atomic mass is 19.1. The summed E-state index contributed by atoms with van der Waals surface area (Å²) in [4.78, 5) is 0. The molecule has 0 heterocycles. The Hall–Kier alpha value is -0.890. The summed E-state index contributed by atoms with van der Waals surface area (Å²) in [6, 6.07) is 7.96. The van der Waals surface area contributed by atoms with Crippen LogP contribution in [0.5, 0.6) is 0 Å². The van der Waals surface area contributed by atoms with Crippen molar-refractivity contribution in [3.05, 3.63) is 35.6 Å². The lowest BCUT2D eigenvalue weighted by atomic mass is 9.76. The van der Waals surface area contributed by atoms with Crippen LogP contribution >= 0.6 is 0 Å². The van der Waals surface area contributed by atoms with Gasteiger partial charge >= 0.3 is 0 Å². The monoisotopic (exact) mass is 261 g/mol. The fourth-order valence-corrected chi connectivity index (χ4v) is 3.38. The molecule has 2 aliphatic carbocycles. The van der Waals surface area contributed by atoms with Gasteiger partial charge in [-0.1, -0.05) is 31.4 Å². The number of hydrogen-bond donors (Lipinski definition) is 1. The van der Waals surface area contributed by atoms with Crippen molar-refractivity contribution in [2.24, 2.45) is 5.92 Å². The van der Waals surface area contributed by atoms with Gasteiger partial charge in [0.2, 0.25) is 0 Å². The van der Waals surface area contributed by atoms with Crippen LogP contribution in [0.1, 0.15) is 56.4 Å². The van der Waals surface area contributed by atoms with Gasteiger partial charge in [0.05, 0.1) is 0 Å². The molecular weight excluding hydrogens is 237 g/mol. The first-order valence-corrected chi connectivity index (χ1v) is 7.82. The van der Waals surface area contributed by atoms with Crippen molar-refractivity contribution in [1.29, 1.82) is 0 Å². The number of rotatable bonds is 5. The predicted octanol–water partition coefficient (Wildman–Crippen LogP) is 4.24. The maximum atomic E-state index is 13.1. The molecule has 1 atom stereocenters. The quantitative estimate of drug-likeness (QED) is 0.836. The molecule has 0 bridgehead atoms. The van der Waals surface area contributed by atoms with Gasteiger partial charge in [-0.3, -0.25) is 0 Å². The molecular formula is C17H24FN. The first-order chi connectivity index (χ1) is 9.33. The van der Waals surface area contributed by atoms with Crippen LogP contribution in [0.3, 0.4) is 0 Å². The standard InChI is InChI=1S/C17H24FN/c18-15-8-6-14(7-9-15)17(12-19-16-10-11-16)13-4-2-1-3-5-13/h6-9,13,16-17,19H,1-5,10-12H2. The van der Waals surface area contributed by atoms with Crippen molar-refractivity contribution in [2.75, 3.05) is 6.54 Å². The molecule has 0 saturated heterocycles. The summed E-state index contributed by atoms with van der Waals surface area (Å²) in [6.07, 6.45) is 9.48. The summed E-state index contributed by atoms with van der Waals surface area (Å²) >= 11 is 0. The van der Waals surface area contributed by atoms with E-state index in [9.17, 15) is 4.39 Å². The van der Waals surface area contributed by atoms with Gasteiger partial charge in [-0.25, -0.2) is 4.39 Å². The topological polar surface area (TPSA) is 12.0 Å². The average Bonchev–Trinajstić information content (AvgIpc) is 3.26. The lowest BCUT2D eigenvalue weighted by Gasteiger charge is -2.31. The van der Waals surface area contributed by atoms with Crippen LogP contribution in [0, 0.1) is 11.7 Å². The van der Waals surface area contributed by atoms with Gasteiger partial charge in [-0.15, -0.1) is 0 Å². The van der Waals surface area contributed by atoms with Crippen LogP contribution in [0.4, 0.5) is 4.39 Å². The highest BCUT2D eigenvalue weighted by Crippen LogP contribution is 2.36. The van der Waals surface area contributed by atoms with Crippen LogP contribution in [-0.2, 0) is 0 Å². The summed E-state index contributed by atoms with van der Waals surface area (Å²) in [6.45, 7) is 1.07. The number of benzene rings is 1. The van der Waals surface area contributed by atoms with Gasteiger partial charge in [0.25, 0.3) is 0 Å². The maximum absolute atomic E-state index is 13.1. The van der Waals surface area contributed by atoms with Crippen LogP contribution in [-0.4, -0.2) is 12.6 Å². The molecule has 1 N–H and O–H groups in total. The molecule has 3 rings (SSSR count). The van der Waals surface area contributed by atoms with Crippen molar-refractivity contribution < 1.29 is 4.39 Å². The average molecular weight is 261 g/mol. The van der Waals surface area contributed by atoms with E-state index in [1.807, 2.05) is 12.1 Å². The molecule has 1 unspecified atom stereocenters. The minimum atomic E-state index is -0.124. The molecule has 1 aromatic rings. The van der Waals surface area contributed by atoms with Gasteiger partial charge < -0.3 is 5.32 Å². The normalized spacial score (nSPS) is 22.4. The molecule has 2 heteroatoms. The second-order valence-electron chi connectivity index (χ2n) is 6.24. The molecule has 1 aromatic carbocycles. The zero-order valence-electron chi connectivity index (χ0n) is 11.6. The van der Waals surface area contributed by atoms with Gasteiger partial charge in [0.1, 0.15) is 5.82 Å². The fraction of sp³-hybridized carbons (Fsp3) is 0.647. The maximum Gasteiger partial charge on any atom is 0.123 e. The SMILES string of the molecule is Fc1ccc(C(CNC2CC2)C2CCCCC2)cc1. The first-order valence-electron chi connectivity index (χ1n) is 7.82. The summed E-state index contributed by atoms with van der Waals surface area (Å²) in [7, 11) is 0. The van der Waals surface area contributed by atoms with E-state index in [0.29, 0.717) is 5.92 Å². The highest BCUT2D eigenvalue weighted by molar-refractivity contribution is 5.22. The Kier molecular flexibility index (Phi) is 4.17. The van der Waals surface area contributed by atoms with E-state index >= 15 is 0 Å². The van der Waals surface area contributed by atoms with Crippen molar-refractivity contribution in [3.8, 4) is 0 Å². The Morgan fingerprint density at radius 1 is 1.00 bits per heavy atom. The van der Waals surface area contributed by atoms with E-state index in [1.54, 1.807) is 12.1 Å². The molecule has 0 aliphatic heterocycles.